The summed E-state index contributed by atoms with van der Waals surface area (Å²) in [6, 6.07) is 58.8. The zero-order valence-corrected chi connectivity index (χ0v) is 31.5. The van der Waals surface area contributed by atoms with Gasteiger partial charge in [0.05, 0.1) is 11.4 Å². The summed E-state index contributed by atoms with van der Waals surface area (Å²) in [4.78, 5) is 11.5. The molecule has 9 aromatic rings. The van der Waals surface area contributed by atoms with Crippen LogP contribution in [0, 0.1) is 0 Å². The molecule has 1 aliphatic heterocycles. The van der Waals surface area contributed by atoms with Crippen LogP contribution in [-0.4, -0.2) is 11.5 Å². The molecule has 2 heterocycles. The molecule has 0 unspecified atom stereocenters. The van der Waals surface area contributed by atoms with Crippen LogP contribution in [0.3, 0.4) is 0 Å². The Morgan fingerprint density at radius 2 is 1.12 bits per heavy atom. The fourth-order valence-corrected chi connectivity index (χ4v) is 8.93. The monoisotopic (exact) mass is 730 g/mol. The van der Waals surface area contributed by atoms with E-state index < -0.39 is 0 Å². The lowest BCUT2D eigenvalue weighted by atomic mass is 9.89. The van der Waals surface area contributed by atoms with Gasteiger partial charge in [0.25, 0.3) is 0 Å². The second kappa shape index (κ2) is 13.9. The maximum absolute atomic E-state index is 6.66. The van der Waals surface area contributed by atoms with Crippen LogP contribution in [0.1, 0.15) is 47.3 Å². The van der Waals surface area contributed by atoms with Crippen LogP contribution in [-0.2, 0) is 6.42 Å². The number of hydrogen-bond donors (Lipinski definition) is 0. The number of hydrogen-bond acceptors (Lipinski definition) is 3. The minimum atomic E-state index is 0.691. The van der Waals surface area contributed by atoms with Gasteiger partial charge in [0.15, 0.2) is 5.84 Å². The van der Waals surface area contributed by atoms with Crippen molar-refractivity contribution in [2.75, 3.05) is 0 Å². The van der Waals surface area contributed by atoms with Crippen LogP contribution in [0.25, 0.3) is 77.3 Å². The van der Waals surface area contributed by atoms with Gasteiger partial charge in [0.1, 0.15) is 11.3 Å². The van der Waals surface area contributed by atoms with Crippen LogP contribution in [0.2, 0.25) is 0 Å². The van der Waals surface area contributed by atoms with Crippen molar-refractivity contribution in [1.82, 2.24) is 0 Å². The molecule has 1 aliphatic carbocycles. The van der Waals surface area contributed by atoms with Crippen LogP contribution >= 0.6 is 0 Å². The lowest BCUT2D eigenvalue weighted by Crippen LogP contribution is -2.12. The number of allylic oxidation sites excluding steroid dienone is 2. The van der Waals surface area contributed by atoms with Crippen LogP contribution < -0.4 is 0 Å². The molecule has 0 atom stereocenters. The van der Waals surface area contributed by atoms with Gasteiger partial charge in [0.2, 0.25) is 0 Å². The number of nitrogens with zero attached hydrogens (tertiary/aromatic N) is 2. The highest BCUT2D eigenvalue weighted by atomic mass is 16.3. The Kier molecular flexibility index (Phi) is 8.10. The molecule has 3 nitrogen and oxygen atoms in total. The molecule has 270 valence electrons. The Hall–Kier alpha value is -7.10. The van der Waals surface area contributed by atoms with E-state index in [4.69, 9.17) is 14.4 Å². The van der Waals surface area contributed by atoms with Gasteiger partial charge in [-0.15, -0.1) is 0 Å². The molecule has 57 heavy (non-hydrogen) atoms. The van der Waals surface area contributed by atoms with Crippen molar-refractivity contribution < 1.29 is 4.42 Å². The van der Waals surface area contributed by atoms with Gasteiger partial charge in [-0.25, -0.2) is 9.98 Å². The second-order valence-electron chi connectivity index (χ2n) is 15.0. The lowest BCUT2D eigenvalue weighted by Gasteiger charge is -2.20. The van der Waals surface area contributed by atoms with E-state index in [1.54, 1.807) is 0 Å². The van der Waals surface area contributed by atoms with E-state index in [1.807, 2.05) is 0 Å². The van der Waals surface area contributed by atoms with E-state index >= 15 is 0 Å². The Balaban J connectivity index is 1.22. The topological polar surface area (TPSA) is 37.9 Å². The molecule has 3 heteroatoms. The molecule has 0 saturated heterocycles. The third-order valence-electron chi connectivity index (χ3n) is 11.7. The molecule has 0 amide bonds. The summed E-state index contributed by atoms with van der Waals surface area (Å²) in [6.45, 7) is 0. The molecular weight excluding hydrogens is 693 g/mol. The maximum atomic E-state index is 6.66. The average molecular weight is 731 g/mol. The number of aliphatic imine (C=N–C) groups is 2. The summed E-state index contributed by atoms with van der Waals surface area (Å²) < 4.78 is 6.66. The van der Waals surface area contributed by atoms with Crippen LogP contribution in [0.15, 0.2) is 190 Å². The molecule has 0 spiro atoms. The molecule has 1 aromatic heterocycles. The summed E-state index contributed by atoms with van der Waals surface area (Å²) in [5, 5.41) is 8.22. The number of furan rings is 1. The molecular formula is C54H38N2O. The molecule has 0 saturated carbocycles. The van der Waals surface area contributed by atoms with E-state index in [0.717, 1.165) is 87.0 Å². The first-order chi connectivity index (χ1) is 28.3. The van der Waals surface area contributed by atoms with Gasteiger partial charge in [-0.3, -0.25) is 0 Å². The summed E-state index contributed by atoms with van der Waals surface area (Å²) in [7, 11) is 0. The van der Waals surface area contributed by atoms with Crippen molar-refractivity contribution in [3.63, 3.8) is 0 Å². The van der Waals surface area contributed by atoms with Gasteiger partial charge < -0.3 is 4.42 Å². The van der Waals surface area contributed by atoms with E-state index in [2.05, 4.69) is 182 Å². The van der Waals surface area contributed by atoms with Gasteiger partial charge in [0, 0.05) is 27.6 Å². The molecule has 8 aromatic carbocycles. The SMILES string of the molecule is C1=Cc2oc3c(C4=CCCC(c5c(-c6ccccc6)ccc6ccccc56)=NC(c5c(-c6ccc7ccccc7c6)ccc6ccccc56)=N4)cccc3c2CC1. The molecule has 0 radical (unpaired) electrons. The quantitative estimate of drug-likeness (QED) is 0.174. The number of fused-ring (bicyclic) bond motifs is 6. The van der Waals surface area contributed by atoms with Crippen molar-refractivity contribution >= 4 is 66.6 Å². The van der Waals surface area contributed by atoms with Crippen molar-refractivity contribution in [3.8, 4) is 22.3 Å². The predicted molar refractivity (Wildman–Crippen MR) is 240 cm³/mol. The highest BCUT2D eigenvalue weighted by Gasteiger charge is 2.24. The van der Waals surface area contributed by atoms with Crippen LogP contribution in [0.5, 0.6) is 0 Å². The Morgan fingerprint density at radius 1 is 0.456 bits per heavy atom. The van der Waals surface area contributed by atoms with Gasteiger partial charge in [-0.2, -0.15) is 0 Å². The molecule has 0 fully saturated rings. The third-order valence-corrected chi connectivity index (χ3v) is 11.7. The Labute approximate surface area is 331 Å². The van der Waals surface area contributed by atoms with E-state index in [9.17, 15) is 0 Å². The largest absolute Gasteiger partial charge is 0.456 e. The Morgan fingerprint density at radius 3 is 1.93 bits per heavy atom. The van der Waals surface area contributed by atoms with Crippen molar-refractivity contribution in [1.29, 1.82) is 0 Å². The average Bonchev–Trinajstić information content (AvgIpc) is 3.65. The first kappa shape index (κ1) is 33.3. The smallest absolute Gasteiger partial charge is 0.161 e. The lowest BCUT2D eigenvalue weighted by molar-refractivity contribution is 0.594. The summed E-state index contributed by atoms with van der Waals surface area (Å²) in [5.74, 6) is 1.65. The number of para-hydroxylation sites is 1. The molecule has 11 rings (SSSR count). The number of rotatable bonds is 5. The summed E-state index contributed by atoms with van der Waals surface area (Å²) >= 11 is 0. The molecule has 0 bridgehead atoms. The van der Waals surface area contributed by atoms with E-state index in [1.165, 1.54) is 43.6 Å². The minimum Gasteiger partial charge on any atom is -0.456 e. The second-order valence-corrected chi connectivity index (χ2v) is 15.0. The van der Waals surface area contributed by atoms with Gasteiger partial charge in [-0.1, -0.05) is 164 Å². The first-order valence-electron chi connectivity index (χ1n) is 19.9. The van der Waals surface area contributed by atoms with Gasteiger partial charge >= 0.3 is 0 Å². The number of aryl methyl sites for hydroxylation is 1. The van der Waals surface area contributed by atoms with E-state index in [0.29, 0.717) is 5.84 Å². The predicted octanol–water partition coefficient (Wildman–Crippen LogP) is 14.3. The zero-order chi connectivity index (χ0) is 37.7. The van der Waals surface area contributed by atoms with Crippen molar-refractivity contribution in [2.45, 2.75) is 25.7 Å². The standard InChI is InChI=1S/C54H38N2O/c1-2-15-36(16-3-1)43-32-30-37-17-6-8-20-41(37)51(43)49-26-13-25-48(47-24-12-23-46-45-22-10-11-27-50(45)57-53(46)47)55-54(56-49)52-42-21-9-7-18-38(42)31-33-44(52)40-29-28-35-14-4-5-19-39(35)34-40/h1-9,11-12,14-21,23-25,27-34H,10,13,22,26H2. The number of benzene rings is 8. The fourth-order valence-electron chi connectivity index (χ4n) is 8.93. The zero-order valence-electron chi connectivity index (χ0n) is 31.5. The van der Waals surface area contributed by atoms with Crippen molar-refractivity contribution in [2.24, 2.45) is 9.98 Å². The normalized spacial score (nSPS) is 14.3. The minimum absolute atomic E-state index is 0.691. The summed E-state index contributed by atoms with van der Waals surface area (Å²) in [5.41, 5.74) is 11.8. The maximum Gasteiger partial charge on any atom is 0.161 e. The van der Waals surface area contributed by atoms with E-state index in [-0.39, 0.29) is 0 Å². The number of amidine groups is 1. The van der Waals surface area contributed by atoms with Crippen LogP contribution in [0.4, 0.5) is 0 Å². The van der Waals surface area contributed by atoms with Crippen molar-refractivity contribution in [3.05, 3.63) is 204 Å². The molecule has 2 aliphatic rings. The Bertz CT molecular complexity index is 3180. The summed E-state index contributed by atoms with van der Waals surface area (Å²) in [6.07, 6.45) is 10.1. The highest BCUT2D eigenvalue weighted by molar-refractivity contribution is 6.25. The van der Waals surface area contributed by atoms with Gasteiger partial charge in [-0.05, 0) is 98.5 Å². The first-order valence-corrected chi connectivity index (χ1v) is 19.9. The third kappa shape index (κ3) is 5.82. The highest BCUT2D eigenvalue weighted by Crippen LogP contribution is 2.40. The molecule has 0 N–H and O–H groups in total. The fraction of sp³-hybridized carbons (Fsp3) is 0.0741.